The van der Waals surface area contributed by atoms with Crippen molar-refractivity contribution in [2.75, 3.05) is 7.11 Å². The summed E-state index contributed by atoms with van der Waals surface area (Å²) in [6.07, 6.45) is 7.06. The van der Waals surface area contributed by atoms with Crippen molar-refractivity contribution in [1.82, 2.24) is 0 Å². The number of hydrogen-bond donors (Lipinski definition) is 0. The lowest BCUT2D eigenvalue weighted by molar-refractivity contribution is -0.141. The van der Waals surface area contributed by atoms with Crippen LogP contribution in [-0.4, -0.2) is 18.5 Å². The normalized spacial score (nSPS) is 19.7. The molecule has 2 nitrogen and oxygen atoms in total. The molecule has 1 aliphatic carbocycles. The van der Waals surface area contributed by atoms with E-state index in [9.17, 15) is 4.79 Å². The van der Waals surface area contributed by atoms with Crippen LogP contribution in [0.25, 0.3) is 0 Å². The van der Waals surface area contributed by atoms with Crippen LogP contribution in [-0.2, 0) is 9.53 Å². The van der Waals surface area contributed by atoms with Gasteiger partial charge in [-0.05, 0) is 31.6 Å². The van der Waals surface area contributed by atoms with Gasteiger partial charge in [0.15, 0.2) is 5.78 Å². The Balaban J connectivity index is 2.57. The predicted molar refractivity (Wildman–Crippen MR) is 61.9 cm³/mol. The minimum absolute atomic E-state index is 0.344. The zero-order valence-corrected chi connectivity index (χ0v) is 10.3. The zero-order chi connectivity index (χ0) is 11.3. The van der Waals surface area contributed by atoms with Crippen molar-refractivity contribution < 1.29 is 9.53 Å². The number of carbonyl (C=O) groups is 1. The molecule has 15 heavy (non-hydrogen) atoms. The third-order valence-electron chi connectivity index (χ3n) is 3.94. The van der Waals surface area contributed by atoms with Crippen LogP contribution in [0.2, 0.25) is 0 Å². The fourth-order valence-electron chi connectivity index (χ4n) is 2.57. The number of hydrogen-bond acceptors (Lipinski definition) is 2. The Morgan fingerprint density at radius 2 is 1.80 bits per heavy atom. The molecular formula is C13H24O2. The summed E-state index contributed by atoms with van der Waals surface area (Å²) in [7, 11) is 1.69. The van der Waals surface area contributed by atoms with Gasteiger partial charge in [-0.2, -0.15) is 0 Å². The summed E-state index contributed by atoms with van der Waals surface area (Å²) < 4.78 is 5.50. The van der Waals surface area contributed by atoms with E-state index < -0.39 is 5.60 Å². The minimum Gasteiger partial charge on any atom is -0.370 e. The zero-order valence-electron chi connectivity index (χ0n) is 10.3. The number of methoxy groups -OCH3 is 1. The van der Waals surface area contributed by atoms with Crippen molar-refractivity contribution in [1.29, 1.82) is 0 Å². The number of Topliss-reactive ketones (excluding diaryl/α,β-unsaturated/α-hetero) is 1. The van der Waals surface area contributed by atoms with Gasteiger partial charge in [0.1, 0.15) is 5.60 Å². The summed E-state index contributed by atoms with van der Waals surface area (Å²) >= 11 is 0. The van der Waals surface area contributed by atoms with Crippen molar-refractivity contribution in [2.24, 2.45) is 5.92 Å². The molecule has 1 rings (SSSR count). The number of rotatable bonds is 6. The van der Waals surface area contributed by atoms with Crippen LogP contribution < -0.4 is 0 Å². The monoisotopic (exact) mass is 212 g/mol. The van der Waals surface area contributed by atoms with E-state index in [0.717, 1.165) is 38.5 Å². The average molecular weight is 212 g/mol. The van der Waals surface area contributed by atoms with E-state index in [1.807, 2.05) is 0 Å². The Hall–Kier alpha value is -0.370. The van der Waals surface area contributed by atoms with E-state index in [1.54, 1.807) is 7.11 Å². The summed E-state index contributed by atoms with van der Waals surface area (Å²) in [4.78, 5) is 12.2. The molecule has 0 spiro atoms. The van der Waals surface area contributed by atoms with Gasteiger partial charge in [-0.25, -0.2) is 0 Å². The first kappa shape index (κ1) is 12.7. The van der Waals surface area contributed by atoms with E-state index in [0.29, 0.717) is 18.1 Å². The predicted octanol–water partition coefficient (Wildman–Crippen LogP) is 3.34. The second-order valence-corrected chi connectivity index (χ2v) is 4.72. The summed E-state index contributed by atoms with van der Waals surface area (Å²) in [5, 5.41) is 0. The van der Waals surface area contributed by atoms with Gasteiger partial charge in [0.2, 0.25) is 0 Å². The quantitative estimate of drug-likeness (QED) is 0.675. The van der Waals surface area contributed by atoms with Crippen LogP contribution >= 0.6 is 0 Å². The molecule has 0 bridgehead atoms. The van der Waals surface area contributed by atoms with Gasteiger partial charge in [0, 0.05) is 13.5 Å². The molecule has 1 aliphatic rings. The van der Waals surface area contributed by atoms with E-state index in [4.69, 9.17) is 4.74 Å². The maximum absolute atomic E-state index is 12.2. The molecule has 2 heteroatoms. The molecule has 0 aromatic carbocycles. The number of ether oxygens (including phenoxy) is 1. The third kappa shape index (κ3) is 2.81. The molecule has 0 saturated heterocycles. The molecule has 0 aliphatic heterocycles. The van der Waals surface area contributed by atoms with Crippen LogP contribution in [0.3, 0.4) is 0 Å². The Bertz CT molecular complexity index is 201. The van der Waals surface area contributed by atoms with Crippen molar-refractivity contribution in [3.8, 4) is 0 Å². The highest BCUT2D eigenvalue weighted by Crippen LogP contribution is 2.35. The lowest BCUT2D eigenvalue weighted by atomic mass is 9.87. The maximum atomic E-state index is 12.2. The minimum atomic E-state index is -0.414. The lowest BCUT2D eigenvalue weighted by Gasteiger charge is -2.27. The number of carbonyl (C=O) groups excluding carboxylic acids is 1. The number of ketones is 1. The van der Waals surface area contributed by atoms with E-state index in [-0.39, 0.29) is 0 Å². The van der Waals surface area contributed by atoms with E-state index >= 15 is 0 Å². The molecule has 1 fully saturated rings. The second-order valence-electron chi connectivity index (χ2n) is 4.72. The molecule has 0 aromatic rings. The first-order valence-corrected chi connectivity index (χ1v) is 6.27. The molecule has 0 unspecified atom stereocenters. The van der Waals surface area contributed by atoms with Crippen molar-refractivity contribution >= 4 is 5.78 Å². The first-order valence-electron chi connectivity index (χ1n) is 6.27. The summed E-state index contributed by atoms with van der Waals surface area (Å²) in [5.41, 5.74) is -0.414. The van der Waals surface area contributed by atoms with Crippen LogP contribution in [0.4, 0.5) is 0 Å². The van der Waals surface area contributed by atoms with Gasteiger partial charge in [-0.15, -0.1) is 0 Å². The topological polar surface area (TPSA) is 26.3 Å². The Kier molecular flexibility index (Phi) is 4.78. The standard InChI is InChI=1S/C13H24O2/c1-4-11(5-2)10-12(14)13(15-3)8-6-7-9-13/h11H,4-10H2,1-3H3. The van der Waals surface area contributed by atoms with Gasteiger partial charge in [0.05, 0.1) is 0 Å². The van der Waals surface area contributed by atoms with Crippen LogP contribution in [0.1, 0.15) is 58.8 Å². The molecule has 0 aromatic heterocycles. The fraction of sp³-hybridized carbons (Fsp3) is 0.923. The molecule has 88 valence electrons. The van der Waals surface area contributed by atoms with Gasteiger partial charge >= 0.3 is 0 Å². The second kappa shape index (κ2) is 5.64. The van der Waals surface area contributed by atoms with E-state index in [2.05, 4.69) is 13.8 Å². The largest absolute Gasteiger partial charge is 0.370 e. The molecule has 0 N–H and O–H groups in total. The van der Waals surface area contributed by atoms with Crippen molar-refractivity contribution in [2.45, 2.75) is 64.4 Å². The van der Waals surface area contributed by atoms with Crippen molar-refractivity contribution in [3.63, 3.8) is 0 Å². The smallest absolute Gasteiger partial charge is 0.164 e. The van der Waals surface area contributed by atoms with Gasteiger partial charge < -0.3 is 4.74 Å². The lowest BCUT2D eigenvalue weighted by Crippen LogP contribution is -2.38. The summed E-state index contributed by atoms with van der Waals surface area (Å²) in [6, 6.07) is 0. The molecule has 0 radical (unpaired) electrons. The van der Waals surface area contributed by atoms with Crippen LogP contribution in [0, 0.1) is 5.92 Å². The summed E-state index contributed by atoms with van der Waals surface area (Å²) in [6.45, 7) is 4.32. The molecule has 0 atom stereocenters. The van der Waals surface area contributed by atoms with Crippen molar-refractivity contribution in [3.05, 3.63) is 0 Å². The van der Waals surface area contributed by atoms with E-state index in [1.165, 1.54) is 0 Å². The molecule has 0 amide bonds. The Morgan fingerprint density at radius 1 is 1.27 bits per heavy atom. The summed E-state index contributed by atoms with van der Waals surface area (Å²) in [5.74, 6) is 0.890. The van der Waals surface area contributed by atoms with Gasteiger partial charge in [0.25, 0.3) is 0 Å². The maximum Gasteiger partial charge on any atom is 0.164 e. The molecule has 1 saturated carbocycles. The molecule has 0 heterocycles. The third-order valence-corrected chi connectivity index (χ3v) is 3.94. The fourth-order valence-corrected chi connectivity index (χ4v) is 2.57. The Morgan fingerprint density at radius 3 is 2.20 bits per heavy atom. The van der Waals surface area contributed by atoms with Gasteiger partial charge in [-0.3, -0.25) is 4.79 Å². The molecular weight excluding hydrogens is 188 g/mol. The van der Waals surface area contributed by atoms with Crippen LogP contribution in [0.5, 0.6) is 0 Å². The van der Waals surface area contributed by atoms with Gasteiger partial charge in [-0.1, -0.05) is 26.7 Å². The highest BCUT2D eigenvalue weighted by molar-refractivity contribution is 5.87. The average Bonchev–Trinajstić information content (AvgIpc) is 2.75. The first-order chi connectivity index (χ1) is 7.18. The Labute approximate surface area is 93.4 Å². The highest BCUT2D eigenvalue weighted by Gasteiger charge is 2.40. The highest BCUT2D eigenvalue weighted by atomic mass is 16.5. The van der Waals surface area contributed by atoms with Crippen LogP contribution in [0.15, 0.2) is 0 Å². The SMILES string of the molecule is CCC(CC)CC(=O)C1(OC)CCCC1.